The number of benzene rings is 1. The van der Waals surface area contributed by atoms with Crippen molar-refractivity contribution < 1.29 is 18.7 Å². The van der Waals surface area contributed by atoms with Gasteiger partial charge in [-0.25, -0.2) is 0 Å². The molecule has 0 fully saturated rings. The van der Waals surface area contributed by atoms with Gasteiger partial charge in [0, 0.05) is 10.0 Å². The van der Waals surface area contributed by atoms with Gasteiger partial charge in [0.05, 0.1) is 13.2 Å². The van der Waals surface area contributed by atoms with Crippen LogP contribution in [-0.4, -0.2) is 19.0 Å². The zero-order valence-electron chi connectivity index (χ0n) is 12.2. The summed E-state index contributed by atoms with van der Waals surface area (Å²) in [7, 11) is 0. The predicted octanol–water partition coefficient (Wildman–Crippen LogP) is 4.38. The third-order valence-corrected chi connectivity index (χ3v) is 3.50. The van der Waals surface area contributed by atoms with E-state index in [0.717, 1.165) is 0 Å². The molecule has 0 atom stereocenters. The summed E-state index contributed by atoms with van der Waals surface area (Å²) in [5.74, 6) is 1.97. The fourth-order valence-electron chi connectivity index (χ4n) is 1.94. The molecular formula is C16H17BrO4. The summed E-state index contributed by atoms with van der Waals surface area (Å²) < 4.78 is 17.1. The number of hydrogen-bond acceptors (Lipinski definition) is 4. The van der Waals surface area contributed by atoms with Crippen molar-refractivity contribution in [2.75, 3.05) is 13.2 Å². The third kappa shape index (κ3) is 3.47. The lowest BCUT2D eigenvalue weighted by molar-refractivity contribution is 0.101. The van der Waals surface area contributed by atoms with Crippen LogP contribution in [0.1, 0.15) is 35.7 Å². The Morgan fingerprint density at radius 3 is 2.29 bits per heavy atom. The smallest absolute Gasteiger partial charge is 0.229 e. The van der Waals surface area contributed by atoms with Crippen LogP contribution in [0.4, 0.5) is 0 Å². The van der Waals surface area contributed by atoms with Crippen LogP contribution in [0.15, 0.2) is 33.2 Å². The number of ether oxygens (including phenoxy) is 2. The first-order chi connectivity index (χ1) is 10.1. The minimum Gasteiger partial charge on any atom is -0.490 e. The molecule has 0 aliphatic rings. The van der Waals surface area contributed by atoms with Crippen molar-refractivity contribution in [3.05, 3.63) is 45.8 Å². The average molecular weight is 353 g/mol. The van der Waals surface area contributed by atoms with Gasteiger partial charge in [0.15, 0.2) is 17.3 Å². The Balaban J connectivity index is 2.43. The zero-order valence-corrected chi connectivity index (χ0v) is 13.8. The van der Waals surface area contributed by atoms with Crippen molar-refractivity contribution >= 4 is 21.7 Å². The van der Waals surface area contributed by atoms with E-state index in [4.69, 9.17) is 13.9 Å². The number of carbonyl (C=O) groups excluding carboxylic acids is 1. The first-order valence-electron chi connectivity index (χ1n) is 6.77. The van der Waals surface area contributed by atoms with Crippen LogP contribution in [0.5, 0.6) is 11.5 Å². The second-order valence-corrected chi connectivity index (χ2v) is 5.24. The topological polar surface area (TPSA) is 48.7 Å². The van der Waals surface area contributed by atoms with E-state index in [0.29, 0.717) is 46.3 Å². The monoisotopic (exact) mass is 352 g/mol. The van der Waals surface area contributed by atoms with Crippen molar-refractivity contribution in [2.24, 2.45) is 0 Å². The highest BCUT2D eigenvalue weighted by Gasteiger charge is 2.19. The Morgan fingerprint density at radius 1 is 1.14 bits per heavy atom. The van der Waals surface area contributed by atoms with E-state index in [2.05, 4.69) is 15.9 Å². The van der Waals surface area contributed by atoms with Crippen molar-refractivity contribution in [3.8, 4) is 11.5 Å². The van der Waals surface area contributed by atoms with Gasteiger partial charge in [0.25, 0.3) is 0 Å². The zero-order chi connectivity index (χ0) is 15.4. The molecule has 0 unspecified atom stereocenters. The van der Waals surface area contributed by atoms with E-state index in [9.17, 15) is 4.79 Å². The first kappa shape index (κ1) is 15.6. The summed E-state index contributed by atoms with van der Waals surface area (Å²) in [4.78, 5) is 12.5. The van der Waals surface area contributed by atoms with Gasteiger partial charge in [-0.15, -0.1) is 0 Å². The van der Waals surface area contributed by atoms with Gasteiger partial charge >= 0.3 is 0 Å². The first-order valence-corrected chi connectivity index (χ1v) is 7.56. The van der Waals surface area contributed by atoms with Crippen LogP contribution >= 0.6 is 15.9 Å². The van der Waals surface area contributed by atoms with Crippen molar-refractivity contribution in [2.45, 2.75) is 20.8 Å². The predicted molar refractivity (Wildman–Crippen MR) is 83.4 cm³/mol. The lowest BCUT2D eigenvalue weighted by Gasteiger charge is -2.13. The fourth-order valence-corrected chi connectivity index (χ4v) is 2.44. The molecule has 0 bridgehead atoms. The quantitative estimate of drug-likeness (QED) is 0.723. The lowest BCUT2D eigenvalue weighted by atomic mass is 10.1. The molecule has 1 aromatic carbocycles. The minimum absolute atomic E-state index is 0.195. The Hall–Kier alpha value is -1.75. The van der Waals surface area contributed by atoms with Crippen LogP contribution < -0.4 is 9.47 Å². The largest absolute Gasteiger partial charge is 0.490 e. The van der Waals surface area contributed by atoms with E-state index < -0.39 is 0 Å². The number of halogens is 1. The van der Waals surface area contributed by atoms with Gasteiger partial charge in [-0.2, -0.15) is 0 Å². The second-order valence-electron chi connectivity index (χ2n) is 4.38. The molecule has 0 saturated carbocycles. The normalized spacial score (nSPS) is 10.5. The van der Waals surface area contributed by atoms with Crippen LogP contribution in [0, 0.1) is 6.92 Å². The highest BCUT2D eigenvalue weighted by Crippen LogP contribution is 2.35. The molecule has 4 nitrogen and oxygen atoms in total. The van der Waals surface area contributed by atoms with E-state index in [1.54, 1.807) is 31.2 Å². The highest BCUT2D eigenvalue weighted by atomic mass is 79.9. The molecule has 112 valence electrons. The van der Waals surface area contributed by atoms with Gasteiger partial charge in [-0.05, 0) is 61.0 Å². The minimum atomic E-state index is -0.195. The maximum absolute atomic E-state index is 12.5. The summed E-state index contributed by atoms with van der Waals surface area (Å²) in [5, 5.41) is 0. The van der Waals surface area contributed by atoms with E-state index in [1.165, 1.54) is 0 Å². The maximum atomic E-state index is 12.5. The van der Waals surface area contributed by atoms with Crippen LogP contribution in [0.3, 0.4) is 0 Å². The Labute approximate surface area is 132 Å². The molecule has 2 aromatic rings. The van der Waals surface area contributed by atoms with Crippen LogP contribution in [0.25, 0.3) is 0 Å². The molecule has 0 saturated heterocycles. The fraction of sp³-hybridized carbons (Fsp3) is 0.312. The number of furan rings is 1. The van der Waals surface area contributed by atoms with Gasteiger partial charge < -0.3 is 13.9 Å². The number of aryl methyl sites for hydroxylation is 1. The highest BCUT2D eigenvalue weighted by molar-refractivity contribution is 9.10. The van der Waals surface area contributed by atoms with E-state index in [1.807, 2.05) is 13.8 Å². The van der Waals surface area contributed by atoms with Gasteiger partial charge in [0.2, 0.25) is 5.78 Å². The standard InChI is InChI=1S/C16H17BrO4/c1-4-19-14-8-11(12(17)9-15(14)20-5-2)16(18)13-7-6-10(3)21-13/h6-9H,4-5H2,1-3H3. The second kappa shape index (κ2) is 6.80. The van der Waals surface area contributed by atoms with E-state index >= 15 is 0 Å². The molecule has 5 heteroatoms. The van der Waals surface area contributed by atoms with E-state index in [-0.39, 0.29) is 5.78 Å². The summed E-state index contributed by atoms with van der Waals surface area (Å²) in [5.41, 5.74) is 0.483. The Morgan fingerprint density at radius 2 is 1.76 bits per heavy atom. The number of hydrogen-bond donors (Lipinski definition) is 0. The summed E-state index contributed by atoms with van der Waals surface area (Å²) in [6.07, 6.45) is 0. The maximum Gasteiger partial charge on any atom is 0.229 e. The van der Waals surface area contributed by atoms with Crippen LogP contribution in [0.2, 0.25) is 0 Å². The Bertz CT molecular complexity index is 646. The Kier molecular flexibility index (Phi) is 5.07. The van der Waals surface area contributed by atoms with Crippen LogP contribution in [-0.2, 0) is 0 Å². The summed E-state index contributed by atoms with van der Waals surface area (Å²) >= 11 is 3.41. The average Bonchev–Trinajstić information content (AvgIpc) is 2.88. The summed E-state index contributed by atoms with van der Waals surface area (Å²) in [6, 6.07) is 6.86. The van der Waals surface area contributed by atoms with Gasteiger partial charge in [0.1, 0.15) is 5.76 Å². The molecule has 0 aliphatic carbocycles. The molecule has 0 N–H and O–H groups in total. The lowest BCUT2D eigenvalue weighted by Crippen LogP contribution is -2.04. The number of rotatable bonds is 6. The molecule has 1 heterocycles. The van der Waals surface area contributed by atoms with Crippen molar-refractivity contribution in [3.63, 3.8) is 0 Å². The summed E-state index contributed by atoms with van der Waals surface area (Å²) in [6.45, 7) is 6.60. The SMILES string of the molecule is CCOc1cc(Br)c(C(=O)c2ccc(C)o2)cc1OCC. The number of ketones is 1. The molecular weight excluding hydrogens is 336 g/mol. The van der Waals surface area contributed by atoms with Crippen molar-refractivity contribution in [1.29, 1.82) is 0 Å². The number of carbonyl (C=O) groups is 1. The molecule has 0 radical (unpaired) electrons. The molecule has 0 aliphatic heterocycles. The molecule has 1 aromatic heterocycles. The van der Waals surface area contributed by atoms with Gasteiger partial charge in [-0.3, -0.25) is 4.79 Å². The molecule has 0 spiro atoms. The van der Waals surface area contributed by atoms with Crippen molar-refractivity contribution in [1.82, 2.24) is 0 Å². The molecule has 0 amide bonds. The van der Waals surface area contributed by atoms with Gasteiger partial charge in [-0.1, -0.05) is 0 Å². The molecule has 21 heavy (non-hydrogen) atoms. The molecule has 2 rings (SSSR count). The third-order valence-electron chi connectivity index (χ3n) is 2.84.